The van der Waals surface area contributed by atoms with Gasteiger partial charge in [0.05, 0.1) is 4.47 Å². The van der Waals surface area contributed by atoms with Crippen molar-refractivity contribution in [3.8, 4) is 0 Å². The van der Waals surface area contributed by atoms with E-state index < -0.39 is 0 Å². The van der Waals surface area contributed by atoms with Crippen LogP contribution in [-0.4, -0.2) is 9.97 Å². The van der Waals surface area contributed by atoms with Crippen molar-refractivity contribution in [2.24, 2.45) is 5.84 Å². The highest BCUT2D eigenvalue weighted by Gasteiger charge is 2.06. The number of hydrogen-bond donors (Lipinski definition) is 2. The summed E-state index contributed by atoms with van der Waals surface area (Å²) in [6, 6.07) is 8.32. The van der Waals surface area contributed by atoms with E-state index in [1.165, 1.54) is 11.1 Å². The summed E-state index contributed by atoms with van der Waals surface area (Å²) < 4.78 is 0.875. The number of nitrogens with two attached hydrogens (primary N) is 1. The van der Waals surface area contributed by atoms with Crippen LogP contribution in [-0.2, 0) is 5.75 Å². The van der Waals surface area contributed by atoms with Crippen molar-refractivity contribution >= 4 is 33.6 Å². The van der Waals surface area contributed by atoms with E-state index in [-0.39, 0.29) is 0 Å². The minimum absolute atomic E-state index is 0.422. The molecule has 2 aromatic rings. The lowest BCUT2D eigenvalue weighted by Gasteiger charge is -2.07. The van der Waals surface area contributed by atoms with Crippen molar-refractivity contribution in [1.82, 2.24) is 9.97 Å². The summed E-state index contributed by atoms with van der Waals surface area (Å²) in [5.74, 6) is 6.59. The Morgan fingerprint density at radius 3 is 2.89 bits per heavy atom. The summed E-state index contributed by atoms with van der Waals surface area (Å²) in [6.45, 7) is 2.11. The van der Waals surface area contributed by atoms with Gasteiger partial charge in [0, 0.05) is 11.9 Å². The van der Waals surface area contributed by atoms with Crippen LogP contribution in [0.5, 0.6) is 0 Å². The molecule has 0 fully saturated rings. The van der Waals surface area contributed by atoms with Gasteiger partial charge in [0.25, 0.3) is 0 Å². The fourth-order valence-corrected chi connectivity index (χ4v) is 2.93. The quantitative estimate of drug-likeness (QED) is 0.391. The molecular weight excluding hydrogens is 312 g/mol. The minimum atomic E-state index is 0.422. The molecule has 0 unspecified atom stereocenters. The van der Waals surface area contributed by atoms with E-state index >= 15 is 0 Å². The number of nitrogens with zero attached hydrogens (tertiary/aromatic N) is 2. The zero-order valence-electron chi connectivity index (χ0n) is 9.85. The van der Waals surface area contributed by atoms with Crippen LogP contribution in [0.15, 0.2) is 40.0 Å². The smallest absolute Gasteiger partial charge is 0.238 e. The number of hydrogen-bond acceptors (Lipinski definition) is 5. The molecule has 0 aliphatic rings. The predicted octanol–water partition coefficient (Wildman–Crippen LogP) is 3.13. The summed E-state index contributed by atoms with van der Waals surface area (Å²) in [5.41, 5.74) is 5.03. The second-order valence-corrected chi connectivity index (χ2v) is 5.52. The van der Waals surface area contributed by atoms with Gasteiger partial charge in [-0.2, -0.15) is 0 Å². The number of aromatic nitrogens is 2. The molecule has 4 nitrogen and oxygen atoms in total. The van der Waals surface area contributed by atoms with Gasteiger partial charge in [-0.25, -0.2) is 15.8 Å². The van der Waals surface area contributed by atoms with Crippen LogP contribution in [0.3, 0.4) is 0 Å². The zero-order valence-corrected chi connectivity index (χ0v) is 12.3. The molecular formula is C12H13BrN4S. The molecule has 0 aliphatic heterocycles. The first-order chi connectivity index (χ1) is 8.70. The number of anilines is 1. The van der Waals surface area contributed by atoms with E-state index in [2.05, 4.69) is 50.4 Å². The Morgan fingerprint density at radius 2 is 2.17 bits per heavy atom. The highest BCUT2D eigenvalue weighted by atomic mass is 79.9. The second-order valence-electron chi connectivity index (χ2n) is 3.71. The monoisotopic (exact) mass is 324 g/mol. The molecule has 0 saturated carbocycles. The number of aryl methyl sites for hydroxylation is 1. The van der Waals surface area contributed by atoms with Crippen LogP contribution in [0.4, 0.5) is 5.95 Å². The fraction of sp³-hybridized carbons (Fsp3) is 0.167. The Labute approximate surface area is 119 Å². The first kappa shape index (κ1) is 13.3. The molecule has 2 rings (SSSR count). The van der Waals surface area contributed by atoms with Gasteiger partial charge in [0.15, 0.2) is 0 Å². The number of thioether (sulfide) groups is 1. The Morgan fingerprint density at radius 1 is 1.39 bits per heavy atom. The van der Waals surface area contributed by atoms with Crippen LogP contribution < -0.4 is 11.3 Å². The zero-order chi connectivity index (χ0) is 13.0. The summed E-state index contributed by atoms with van der Waals surface area (Å²) in [7, 11) is 0. The van der Waals surface area contributed by atoms with Crippen molar-refractivity contribution in [1.29, 1.82) is 0 Å². The van der Waals surface area contributed by atoms with Gasteiger partial charge in [0.2, 0.25) is 5.95 Å². The van der Waals surface area contributed by atoms with E-state index in [0.29, 0.717) is 5.95 Å². The molecule has 1 heterocycles. The van der Waals surface area contributed by atoms with Crippen molar-refractivity contribution in [2.75, 3.05) is 5.43 Å². The molecule has 0 aliphatic carbocycles. The Balaban J connectivity index is 2.13. The number of hydrazine groups is 1. The SMILES string of the molecule is Cc1ccccc1CSc1nc(NN)ncc1Br. The van der Waals surface area contributed by atoms with Gasteiger partial charge < -0.3 is 0 Å². The fourth-order valence-electron chi connectivity index (χ4n) is 1.44. The summed E-state index contributed by atoms with van der Waals surface area (Å²) >= 11 is 5.09. The van der Waals surface area contributed by atoms with Crippen molar-refractivity contribution < 1.29 is 0 Å². The standard InChI is InChI=1S/C12H13BrN4S/c1-8-4-2-3-5-9(8)7-18-11-10(13)6-15-12(16-11)17-14/h2-6H,7,14H2,1H3,(H,15,16,17). The molecule has 0 atom stereocenters. The van der Waals surface area contributed by atoms with Crippen LogP contribution >= 0.6 is 27.7 Å². The van der Waals surface area contributed by atoms with E-state index in [1.54, 1.807) is 18.0 Å². The molecule has 0 bridgehead atoms. The number of nitrogens with one attached hydrogen (secondary N) is 1. The Hall–Kier alpha value is -1.11. The maximum atomic E-state index is 5.30. The first-order valence-corrected chi connectivity index (χ1v) is 7.15. The molecule has 94 valence electrons. The highest BCUT2D eigenvalue weighted by Crippen LogP contribution is 2.29. The average molecular weight is 325 g/mol. The maximum Gasteiger partial charge on any atom is 0.238 e. The van der Waals surface area contributed by atoms with Crippen LogP contribution in [0.2, 0.25) is 0 Å². The Kier molecular flexibility index (Phi) is 4.57. The van der Waals surface area contributed by atoms with Gasteiger partial charge in [-0.1, -0.05) is 24.3 Å². The number of nitrogen functional groups attached to an aromatic ring is 1. The molecule has 18 heavy (non-hydrogen) atoms. The maximum absolute atomic E-state index is 5.30. The van der Waals surface area contributed by atoms with Crippen LogP contribution in [0.1, 0.15) is 11.1 Å². The third-order valence-corrected chi connectivity index (χ3v) is 4.35. The third kappa shape index (κ3) is 3.22. The van der Waals surface area contributed by atoms with Crippen LogP contribution in [0, 0.1) is 6.92 Å². The first-order valence-electron chi connectivity index (χ1n) is 5.37. The van der Waals surface area contributed by atoms with Crippen LogP contribution in [0.25, 0.3) is 0 Å². The largest absolute Gasteiger partial charge is 0.292 e. The minimum Gasteiger partial charge on any atom is -0.292 e. The van der Waals surface area contributed by atoms with Crippen molar-refractivity contribution in [3.05, 3.63) is 46.1 Å². The number of benzene rings is 1. The lowest BCUT2D eigenvalue weighted by Crippen LogP contribution is -2.10. The molecule has 3 N–H and O–H groups in total. The lowest BCUT2D eigenvalue weighted by atomic mass is 10.1. The third-order valence-electron chi connectivity index (χ3n) is 2.47. The molecule has 0 amide bonds. The highest BCUT2D eigenvalue weighted by molar-refractivity contribution is 9.10. The van der Waals surface area contributed by atoms with Crippen molar-refractivity contribution in [3.63, 3.8) is 0 Å². The molecule has 0 radical (unpaired) electrons. The average Bonchev–Trinajstić information content (AvgIpc) is 2.39. The van der Waals surface area contributed by atoms with E-state index in [9.17, 15) is 0 Å². The van der Waals surface area contributed by atoms with E-state index in [0.717, 1.165) is 15.3 Å². The van der Waals surface area contributed by atoms with Gasteiger partial charge in [-0.05, 0) is 34.0 Å². The summed E-state index contributed by atoms with van der Waals surface area (Å²) in [5, 5.41) is 0.876. The molecule has 0 spiro atoms. The molecule has 6 heteroatoms. The summed E-state index contributed by atoms with van der Waals surface area (Å²) in [4.78, 5) is 8.33. The molecule has 0 saturated heterocycles. The number of rotatable bonds is 4. The van der Waals surface area contributed by atoms with Gasteiger partial charge >= 0.3 is 0 Å². The van der Waals surface area contributed by atoms with E-state index in [4.69, 9.17) is 5.84 Å². The van der Waals surface area contributed by atoms with Gasteiger partial charge in [-0.15, -0.1) is 11.8 Å². The van der Waals surface area contributed by atoms with Crippen molar-refractivity contribution in [2.45, 2.75) is 17.7 Å². The summed E-state index contributed by atoms with van der Waals surface area (Å²) in [6.07, 6.45) is 1.70. The predicted molar refractivity (Wildman–Crippen MR) is 78.3 cm³/mol. The number of halogens is 1. The van der Waals surface area contributed by atoms with E-state index in [1.807, 2.05) is 12.1 Å². The topological polar surface area (TPSA) is 63.8 Å². The Bertz CT molecular complexity index is 547. The molecule has 1 aromatic heterocycles. The lowest BCUT2D eigenvalue weighted by molar-refractivity contribution is 1.01. The normalized spacial score (nSPS) is 10.4. The second kappa shape index (κ2) is 6.17. The molecule has 1 aromatic carbocycles. The van der Waals surface area contributed by atoms with Gasteiger partial charge in [0.1, 0.15) is 5.03 Å². The van der Waals surface area contributed by atoms with Gasteiger partial charge in [-0.3, -0.25) is 5.43 Å².